The number of fused-ring (bicyclic) bond motifs is 5. The molecule has 0 aromatic rings. The van der Waals surface area contributed by atoms with Gasteiger partial charge in [-0.05, 0) is 31.1 Å². The zero-order chi connectivity index (χ0) is 12.2. The van der Waals surface area contributed by atoms with E-state index in [1.807, 2.05) is 0 Å². The van der Waals surface area contributed by atoms with Gasteiger partial charge in [-0.2, -0.15) is 0 Å². The molecule has 17 heavy (non-hydrogen) atoms. The quantitative estimate of drug-likeness (QED) is 0.508. The van der Waals surface area contributed by atoms with Crippen molar-refractivity contribution in [3.63, 3.8) is 0 Å². The van der Waals surface area contributed by atoms with E-state index in [1.165, 1.54) is 7.11 Å². The summed E-state index contributed by atoms with van der Waals surface area (Å²) in [5.41, 5.74) is 0. The summed E-state index contributed by atoms with van der Waals surface area (Å²) in [5.74, 6) is -0.403. The minimum atomic E-state index is -0.529. The van der Waals surface area contributed by atoms with Crippen molar-refractivity contribution in [3.8, 4) is 0 Å². The maximum absolute atomic E-state index is 12.1. The van der Waals surface area contributed by atoms with E-state index in [0.29, 0.717) is 11.8 Å². The summed E-state index contributed by atoms with van der Waals surface area (Å²) in [6, 6.07) is 0. The second kappa shape index (κ2) is 3.55. The Balaban J connectivity index is 1.83. The Morgan fingerprint density at radius 1 is 1.24 bits per heavy atom. The van der Waals surface area contributed by atoms with Gasteiger partial charge in [-0.25, -0.2) is 0 Å². The molecule has 0 unspecified atom stereocenters. The van der Waals surface area contributed by atoms with E-state index in [4.69, 9.17) is 0 Å². The molecular formula is C12H15NO4. The molecule has 0 radical (unpaired) electrons. The van der Waals surface area contributed by atoms with Gasteiger partial charge in [0.1, 0.15) is 6.54 Å². The summed E-state index contributed by atoms with van der Waals surface area (Å²) < 4.78 is 4.52. The molecule has 3 rings (SSSR count). The highest BCUT2D eigenvalue weighted by atomic mass is 16.5. The first kappa shape index (κ1) is 10.7. The van der Waals surface area contributed by atoms with Gasteiger partial charge in [-0.1, -0.05) is 0 Å². The average molecular weight is 237 g/mol. The number of ether oxygens (including phenoxy) is 1. The van der Waals surface area contributed by atoms with Gasteiger partial charge in [0.2, 0.25) is 11.8 Å². The molecule has 0 spiro atoms. The molecule has 2 amide bonds. The molecule has 5 nitrogen and oxygen atoms in total. The standard InChI is InChI=1S/C12H15NO4/c1-17-8(14)5-13-11(15)9-6-2-3-7(4-6)10(9)12(13)16/h6-7,9-10H,2-5H2,1H3/t6-,7+,9-,10+. The molecule has 1 saturated heterocycles. The molecule has 4 atom stereocenters. The molecule has 1 heterocycles. The fourth-order valence-electron chi connectivity index (χ4n) is 3.82. The van der Waals surface area contributed by atoms with Crippen molar-refractivity contribution in [1.29, 1.82) is 0 Å². The Morgan fingerprint density at radius 3 is 2.24 bits per heavy atom. The summed E-state index contributed by atoms with van der Waals surface area (Å²) in [5, 5.41) is 0. The largest absolute Gasteiger partial charge is 0.468 e. The van der Waals surface area contributed by atoms with Crippen molar-refractivity contribution >= 4 is 17.8 Å². The second-order valence-corrected chi connectivity index (χ2v) is 5.22. The molecule has 2 bridgehead atoms. The lowest BCUT2D eigenvalue weighted by Crippen LogP contribution is -2.37. The smallest absolute Gasteiger partial charge is 0.325 e. The van der Waals surface area contributed by atoms with Gasteiger partial charge in [0.15, 0.2) is 0 Å². The van der Waals surface area contributed by atoms with E-state index in [-0.39, 0.29) is 30.2 Å². The summed E-state index contributed by atoms with van der Waals surface area (Å²) >= 11 is 0. The molecule has 0 aromatic carbocycles. The monoisotopic (exact) mass is 237 g/mol. The van der Waals surface area contributed by atoms with E-state index < -0.39 is 5.97 Å². The van der Waals surface area contributed by atoms with Gasteiger partial charge in [0.05, 0.1) is 18.9 Å². The Labute approximate surface area is 99.1 Å². The van der Waals surface area contributed by atoms with Crippen LogP contribution in [0.15, 0.2) is 0 Å². The minimum Gasteiger partial charge on any atom is -0.468 e. The first-order chi connectivity index (χ1) is 8.13. The van der Waals surface area contributed by atoms with Crippen molar-refractivity contribution in [2.75, 3.05) is 13.7 Å². The maximum atomic E-state index is 12.1. The van der Waals surface area contributed by atoms with Crippen molar-refractivity contribution in [2.24, 2.45) is 23.7 Å². The van der Waals surface area contributed by atoms with Crippen LogP contribution in [0.5, 0.6) is 0 Å². The van der Waals surface area contributed by atoms with Crippen LogP contribution in [0.2, 0.25) is 0 Å². The molecule has 92 valence electrons. The van der Waals surface area contributed by atoms with Crippen molar-refractivity contribution in [3.05, 3.63) is 0 Å². The molecule has 1 aliphatic heterocycles. The third-order valence-electron chi connectivity index (χ3n) is 4.53. The maximum Gasteiger partial charge on any atom is 0.325 e. The van der Waals surface area contributed by atoms with E-state index in [0.717, 1.165) is 24.2 Å². The molecule has 5 heteroatoms. The topological polar surface area (TPSA) is 63.7 Å². The van der Waals surface area contributed by atoms with Crippen molar-refractivity contribution in [1.82, 2.24) is 4.90 Å². The van der Waals surface area contributed by atoms with Crippen LogP contribution in [0.4, 0.5) is 0 Å². The summed E-state index contributed by atoms with van der Waals surface area (Å²) in [6.07, 6.45) is 3.12. The van der Waals surface area contributed by atoms with Crippen LogP contribution >= 0.6 is 0 Å². The summed E-state index contributed by atoms with van der Waals surface area (Å²) in [7, 11) is 1.26. The lowest BCUT2D eigenvalue weighted by Gasteiger charge is -2.19. The molecule has 2 aliphatic carbocycles. The minimum absolute atomic E-state index is 0.147. The van der Waals surface area contributed by atoms with Crippen LogP contribution in [-0.4, -0.2) is 36.3 Å². The van der Waals surface area contributed by atoms with Crippen LogP contribution in [-0.2, 0) is 19.1 Å². The number of rotatable bonds is 2. The van der Waals surface area contributed by atoms with Gasteiger partial charge < -0.3 is 4.74 Å². The Bertz CT molecular complexity index is 377. The molecular weight excluding hydrogens is 222 g/mol. The van der Waals surface area contributed by atoms with Crippen molar-refractivity contribution in [2.45, 2.75) is 19.3 Å². The number of nitrogens with zero attached hydrogens (tertiary/aromatic N) is 1. The highest BCUT2D eigenvalue weighted by Gasteiger charge is 2.60. The van der Waals surface area contributed by atoms with Gasteiger partial charge in [0.25, 0.3) is 0 Å². The van der Waals surface area contributed by atoms with Crippen molar-refractivity contribution < 1.29 is 19.1 Å². The van der Waals surface area contributed by atoms with Gasteiger partial charge in [-0.3, -0.25) is 19.3 Å². The second-order valence-electron chi connectivity index (χ2n) is 5.22. The van der Waals surface area contributed by atoms with E-state index in [2.05, 4.69) is 4.74 Å². The van der Waals surface area contributed by atoms with Crippen LogP contribution in [0, 0.1) is 23.7 Å². The molecule has 3 aliphatic rings. The first-order valence-electron chi connectivity index (χ1n) is 6.05. The number of carbonyl (C=O) groups excluding carboxylic acids is 3. The number of carbonyl (C=O) groups is 3. The van der Waals surface area contributed by atoms with Gasteiger partial charge in [-0.15, -0.1) is 0 Å². The highest BCUT2D eigenvalue weighted by Crippen LogP contribution is 2.55. The van der Waals surface area contributed by atoms with Gasteiger partial charge in [0, 0.05) is 0 Å². The number of amides is 2. The molecule has 0 aromatic heterocycles. The van der Waals surface area contributed by atoms with Crippen LogP contribution in [0.3, 0.4) is 0 Å². The third-order valence-corrected chi connectivity index (χ3v) is 4.53. The average Bonchev–Trinajstić information content (AvgIpc) is 2.98. The fraction of sp³-hybridized carbons (Fsp3) is 0.750. The Morgan fingerprint density at radius 2 is 1.76 bits per heavy atom. The van der Waals surface area contributed by atoms with E-state index >= 15 is 0 Å². The number of imide groups is 1. The first-order valence-corrected chi connectivity index (χ1v) is 6.05. The number of esters is 1. The molecule has 0 N–H and O–H groups in total. The normalized spacial score (nSPS) is 38.8. The predicted octanol–water partition coefficient (Wildman–Crippen LogP) is 0.190. The highest BCUT2D eigenvalue weighted by molar-refractivity contribution is 6.07. The van der Waals surface area contributed by atoms with Crippen LogP contribution in [0.25, 0.3) is 0 Å². The fourth-order valence-corrected chi connectivity index (χ4v) is 3.82. The SMILES string of the molecule is COC(=O)CN1C(=O)[C@@H]2[C@@H]3CC[C@@H](C3)[C@@H]2C1=O. The lowest BCUT2D eigenvalue weighted by atomic mass is 9.81. The number of likely N-dealkylation sites (tertiary alicyclic amines) is 1. The Hall–Kier alpha value is -1.39. The number of methoxy groups -OCH3 is 1. The molecule has 2 saturated carbocycles. The zero-order valence-corrected chi connectivity index (χ0v) is 9.72. The third kappa shape index (κ3) is 1.34. The molecule has 3 fully saturated rings. The van der Waals surface area contributed by atoms with Gasteiger partial charge >= 0.3 is 5.97 Å². The Kier molecular flexibility index (Phi) is 2.24. The van der Waals surface area contributed by atoms with Crippen LogP contribution in [0.1, 0.15) is 19.3 Å². The number of hydrogen-bond donors (Lipinski definition) is 0. The lowest BCUT2D eigenvalue weighted by molar-refractivity contribution is -0.151. The van der Waals surface area contributed by atoms with E-state index in [1.54, 1.807) is 0 Å². The van der Waals surface area contributed by atoms with Crippen LogP contribution < -0.4 is 0 Å². The summed E-state index contributed by atoms with van der Waals surface area (Å²) in [6.45, 7) is -0.222. The van der Waals surface area contributed by atoms with E-state index in [9.17, 15) is 14.4 Å². The summed E-state index contributed by atoms with van der Waals surface area (Å²) in [4.78, 5) is 36.6. The predicted molar refractivity (Wildman–Crippen MR) is 56.5 cm³/mol. The number of hydrogen-bond acceptors (Lipinski definition) is 4. The zero-order valence-electron chi connectivity index (χ0n) is 9.72.